The number of amides is 1. The molecule has 0 radical (unpaired) electrons. The Morgan fingerprint density at radius 3 is 2.35 bits per heavy atom. The standard InChI is InChI=1S/C19H19N5O2/c1-12-10-21-19(14-4-9-17(26-3)20-11-14)24-18(12)23-16-7-5-15(6-8-16)22-13(2)25/h4-11H,1-3H3,(H,22,25)(H,21,23,24). The molecule has 0 unspecified atom stereocenters. The maximum absolute atomic E-state index is 11.1. The number of pyridine rings is 1. The number of methoxy groups -OCH3 is 1. The van der Waals surface area contributed by atoms with Crippen LogP contribution < -0.4 is 15.4 Å². The van der Waals surface area contributed by atoms with Gasteiger partial charge >= 0.3 is 0 Å². The van der Waals surface area contributed by atoms with E-state index in [1.54, 1.807) is 25.6 Å². The summed E-state index contributed by atoms with van der Waals surface area (Å²) in [5.41, 5.74) is 3.32. The number of benzene rings is 1. The number of nitrogens with zero attached hydrogens (tertiary/aromatic N) is 3. The highest BCUT2D eigenvalue weighted by Gasteiger charge is 2.08. The fourth-order valence-electron chi connectivity index (χ4n) is 2.32. The Kier molecular flexibility index (Phi) is 5.07. The van der Waals surface area contributed by atoms with Crippen LogP contribution in [0.5, 0.6) is 5.88 Å². The van der Waals surface area contributed by atoms with Crippen molar-refractivity contribution >= 4 is 23.1 Å². The van der Waals surface area contributed by atoms with Gasteiger partial charge in [-0.3, -0.25) is 4.79 Å². The molecule has 2 aromatic heterocycles. The first-order valence-electron chi connectivity index (χ1n) is 8.04. The summed E-state index contributed by atoms with van der Waals surface area (Å²) >= 11 is 0. The van der Waals surface area contributed by atoms with Gasteiger partial charge < -0.3 is 15.4 Å². The molecule has 0 saturated carbocycles. The molecule has 0 bridgehead atoms. The van der Waals surface area contributed by atoms with Crippen molar-refractivity contribution in [3.63, 3.8) is 0 Å². The summed E-state index contributed by atoms with van der Waals surface area (Å²) in [4.78, 5) is 24.2. The Labute approximate surface area is 151 Å². The van der Waals surface area contributed by atoms with Crippen molar-refractivity contribution in [1.29, 1.82) is 0 Å². The molecular formula is C19H19N5O2. The molecule has 2 heterocycles. The highest BCUT2D eigenvalue weighted by Crippen LogP contribution is 2.23. The fourth-order valence-corrected chi connectivity index (χ4v) is 2.32. The van der Waals surface area contributed by atoms with E-state index in [1.807, 2.05) is 37.3 Å². The number of rotatable bonds is 5. The van der Waals surface area contributed by atoms with Gasteiger partial charge in [0.1, 0.15) is 5.82 Å². The van der Waals surface area contributed by atoms with Crippen LogP contribution in [-0.4, -0.2) is 28.0 Å². The number of aryl methyl sites for hydroxylation is 1. The molecule has 0 spiro atoms. The summed E-state index contributed by atoms with van der Waals surface area (Å²) in [5.74, 6) is 1.72. The second kappa shape index (κ2) is 7.60. The summed E-state index contributed by atoms with van der Waals surface area (Å²) in [5, 5.41) is 6.01. The first-order valence-corrected chi connectivity index (χ1v) is 8.04. The summed E-state index contributed by atoms with van der Waals surface area (Å²) < 4.78 is 5.07. The number of carbonyl (C=O) groups is 1. The van der Waals surface area contributed by atoms with E-state index >= 15 is 0 Å². The highest BCUT2D eigenvalue weighted by molar-refractivity contribution is 5.88. The van der Waals surface area contributed by atoms with E-state index < -0.39 is 0 Å². The minimum absolute atomic E-state index is 0.102. The summed E-state index contributed by atoms with van der Waals surface area (Å²) in [6.07, 6.45) is 3.44. The predicted octanol–water partition coefficient (Wildman–Crippen LogP) is 3.56. The zero-order valence-corrected chi connectivity index (χ0v) is 14.8. The molecule has 7 heteroatoms. The molecule has 2 N–H and O–H groups in total. The first-order chi connectivity index (χ1) is 12.5. The molecule has 0 aliphatic carbocycles. The van der Waals surface area contributed by atoms with E-state index in [9.17, 15) is 4.79 Å². The lowest BCUT2D eigenvalue weighted by Crippen LogP contribution is -2.05. The van der Waals surface area contributed by atoms with E-state index in [4.69, 9.17) is 4.74 Å². The molecular weight excluding hydrogens is 330 g/mol. The number of ether oxygens (including phenoxy) is 1. The second-order valence-electron chi connectivity index (χ2n) is 5.70. The lowest BCUT2D eigenvalue weighted by molar-refractivity contribution is -0.114. The number of anilines is 3. The molecule has 0 aliphatic rings. The van der Waals surface area contributed by atoms with Crippen LogP contribution in [0.25, 0.3) is 11.4 Å². The zero-order chi connectivity index (χ0) is 18.5. The van der Waals surface area contributed by atoms with Crippen LogP contribution in [0.1, 0.15) is 12.5 Å². The minimum Gasteiger partial charge on any atom is -0.481 e. The van der Waals surface area contributed by atoms with Crippen molar-refractivity contribution in [3.8, 4) is 17.3 Å². The van der Waals surface area contributed by atoms with Gasteiger partial charge in [-0.2, -0.15) is 0 Å². The molecule has 26 heavy (non-hydrogen) atoms. The third-order valence-electron chi connectivity index (χ3n) is 3.64. The van der Waals surface area contributed by atoms with Gasteiger partial charge in [-0.05, 0) is 37.3 Å². The number of nitrogens with one attached hydrogen (secondary N) is 2. The monoisotopic (exact) mass is 349 g/mol. The normalized spacial score (nSPS) is 10.3. The van der Waals surface area contributed by atoms with Gasteiger partial charge in [-0.15, -0.1) is 0 Å². The van der Waals surface area contributed by atoms with Crippen LogP contribution in [0, 0.1) is 6.92 Å². The van der Waals surface area contributed by atoms with Gasteiger partial charge in [-0.25, -0.2) is 15.0 Å². The molecule has 1 amide bonds. The van der Waals surface area contributed by atoms with Gasteiger partial charge in [0.05, 0.1) is 7.11 Å². The van der Waals surface area contributed by atoms with Crippen molar-refractivity contribution in [2.45, 2.75) is 13.8 Å². The zero-order valence-electron chi connectivity index (χ0n) is 14.8. The van der Waals surface area contributed by atoms with Gasteiger partial charge in [0, 0.05) is 47.9 Å². The van der Waals surface area contributed by atoms with Crippen molar-refractivity contribution < 1.29 is 9.53 Å². The second-order valence-corrected chi connectivity index (χ2v) is 5.70. The van der Waals surface area contributed by atoms with Crippen molar-refractivity contribution in [2.75, 3.05) is 17.7 Å². The number of hydrogen-bond acceptors (Lipinski definition) is 6. The maximum atomic E-state index is 11.1. The van der Waals surface area contributed by atoms with Gasteiger partial charge in [0.2, 0.25) is 11.8 Å². The molecule has 1 aromatic carbocycles. The summed E-state index contributed by atoms with van der Waals surface area (Å²) in [7, 11) is 1.57. The van der Waals surface area contributed by atoms with Crippen LogP contribution in [0.4, 0.5) is 17.2 Å². The predicted molar refractivity (Wildman–Crippen MR) is 101 cm³/mol. The number of carbonyl (C=O) groups excluding carboxylic acids is 1. The van der Waals surface area contributed by atoms with E-state index in [0.717, 1.165) is 22.5 Å². The highest BCUT2D eigenvalue weighted by atomic mass is 16.5. The molecule has 0 fully saturated rings. The number of hydrogen-bond donors (Lipinski definition) is 2. The fraction of sp³-hybridized carbons (Fsp3) is 0.158. The van der Waals surface area contributed by atoms with Crippen molar-refractivity contribution in [1.82, 2.24) is 15.0 Å². The average Bonchev–Trinajstić information content (AvgIpc) is 2.65. The number of aromatic nitrogens is 3. The quantitative estimate of drug-likeness (QED) is 0.732. The largest absolute Gasteiger partial charge is 0.481 e. The van der Waals surface area contributed by atoms with E-state index in [1.165, 1.54) is 6.92 Å². The Morgan fingerprint density at radius 2 is 1.73 bits per heavy atom. The lowest BCUT2D eigenvalue weighted by Gasteiger charge is -2.11. The summed E-state index contributed by atoms with van der Waals surface area (Å²) in [6.45, 7) is 3.41. The Morgan fingerprint density at radius 1 is 1.00 bits per heavy atom. The SMILES string of the molecule is COc1ccc(-c2ncc(C)c(Nc3ccc(NC(C)=O)cc3)n2)cn1. The van der Waals surface area contributed by atoms with Crippen LogP contribution in [0.3, 0.4) is 0 Å². The Bertz CT molecular complexity index is 908. The average molecular weight is 349 g/mol. The minimum atomic E-state index is -0.102. The smallest absolute Gasteiger partial charge is 0.221 e. The molecule has 0 saturated heterocycles. The Hall–Kier alpha value is -3.48. The van der Waals surface area contributed by atoms with Crippen molar-refractivity contribution in [3.05, 3.63) is 54.4 Å². The molecule has 0 aliphatic heterocycles. The summed E-state index contributed by atoms with van der Waals surface area (Å²) in [6, 6.07) is 11.0. The first kappa shape index (κ1) is 17.3. The van der Waals surface area contributed by atoms with Gasteiger partial charge in [-0.1, -0.05) is 0 Å². The van der Waals surface area contributed by atoms with Crippen LogP contribution in [0.15, 0.2) is 48.8 Å². The molecule has 3 aromatic rings. The lowest BCUT2D eigenvalue weighted by atomic mass is 10.2. The third kappa shape index (κ3) is 4.13. The van der Waals surface area contributed by atoms with Gasteiger partial charge in [0.15, 0.2) is 5.82 Å². The van der Waals surface area contributed by atoms with Crippen LogP contribution >= 0.6 is 0 Å². The van der Waals surface area contributed by atoms with E-state index in [-0.39, 0.29) is 5.91 Å². The molecule has 0 atom stereocenters. The third-order valence-corrected chi connectivity index (χ3v) is 3.64. The Balaban J connectivity index is 1.82. The molecule has 132 valence electrons. The topological polar surface area (TPSA) is 89.0 Å². The van der Waals surface area contributed by atoms with Crippen molar-refractivity contribution in [2.24, 2.45) is 0 Å². The van der Waals surface area contributed by atoms with E-state index in [0.29, 0.717) is 17.5 Å². The van der Waals surface area contributed by atoms with E-state index in [2.05, 4.69) is 25.6 Å². The maximum Gasteiger partial charge on any atom is 0.221 e. The van der Waals surface area contributed by atoms with Crippen LogP contribution in [0.2, 0.25) is 0 Å². The molecule has 7 nitrogen and oxygen atoms in total. The molecule has 3 rings (SSSR count). The van der Waals surface area contributed by atoms with Crippen LogP contribution in [-0.2, 0) is 4.79 Å². The van der Waals surface area contributed by atoms with Gasteiger partial charge in [0.25, 0.3) is 0 Å².